The maximum atomic E-state index is 11.8. The molecule has 0 unspecified atom stereocenters. The zero-order chi connectivity index (χ0) is 18.7. The van der Waals surface area contributed by atoms with Gasteiger partial charge in [-0.25, -0.2) is 0 Å². The molecule has 2 nitrogen and oxygen atoms in total. The fraction of sp³-hybridized carbons (Fsp3) is 0.625. The van der Waals surface area contributed by atoms with E-state index in [1.807, 2.05) is 24.3 Å². The Morgan fingerprint density at radius 3 is 2.00 bits per heavy atom. The quantitative estimate of drug-likeness (QED) is 0.242. The van der Waals surface area contributed by atoms with Gasteiger partial charge in [-0.05, 0) is 50.3 Å². The third-order valence-electron chi connectivity index (χ3n) is 4.67. The number of nitrogens with one attached hydrogen (secondary N) is 1. The zero-order valence-electron chi connectivity index (χ0n) is 16.8. The molecule has 145 valence electrons. The van der Waals surface area contributed by atoms with Crippen molar-refractivity contribution in [3.8, 4) is 0 Å². The van der Waals surface area contributed by atoms with E-state index in [9.17, 15) is 4.79 Å². The van der Waals surface area contributed by atoms with Crippen molar-refractivity contribution in [1.29, 1.82) is 0 Å². The summed E-state index contributed by atoms with van der Waals surface area (Å²) in [6.07, 6.45) is 22.0. The summed E-state index contributed by atoms with van der Waals surface area (Å²) in [6, 6.07) is 10.3. The minimum Gasteiger partial charge on any atom is -0.326 e. The second-order valence-electron chi connectivity index (χ2n) is 7.17. The summed E-state index contributed by atoms with van der Waals surface area (Å²) in [6.45, 7) is 2.27. The van der Waals surface area contributed by atoms with Gasteiger partial charge in [0.05, 0.1) is 0 Å². The molecule has 0 fully saturated rings. The minimum absolute atomic E-state index is 0.119. The molecule has 26 heavy (non-hydrogen) atoms. The van der Waals surface area contributed by atoms with Crippen molar-refractivity contribution < 1.29 is 4.79 Å². The van der Waals surface area contributed by atoms with E-state index in [-0.39, 0.29) is 5.91 Å². The molecule has 1 amide bonds. The summed E-state index contributed by atoms with van der Waals surface area (Å²) >= 11 is 0. The lowest BCUT2D eigenvalue weighted by molar-refractivity contribution is -0.116. The average Bonchev–Trinajstić information content (AvgIpc) is 2.65. The highest BCUT2D eigenvalue weighted by atomic mass is 16.1. The third kappa shape index (κ3) is 13.7. The van der Waals surface area contributed by atoms with E-state index in [1.54, 1.807) is 0 Å². The van der Waals surface area contributed by atoms with Gasteiger partial charge in [-0.3, -0.25) is 4.79 Å². The highest BCUT2D eigenvalue weighted by Crippen LogP contribution is 2.11. The van der Waals surface area contributed by atoms with Crippen LogP contribution in [0.3, 0.4) is 0 Å². The van der Waals surface area contributed by atoms with E-state index in [0.29, 0.717) is 6.42 Å². The number of anilines is 1. The molecule has 0 spiro atoms. The molecule has 0 heterocycles. The number of carbonyl (C=O) groups is 1. The van der Waals surface area contributed by atoms with E-state index in [1.165, 1.54) is 70.6 Å². The van der Waals surface area contributed by atoms with E-state index < -0.39 is 0 Å². The number of allylic oxidation sites excluding steroid dienone is 2. The smallest absolute Gasteiger partial charge is 0.224 e. The van der Waals surface area contributed by atoms with Crippen LogP contribution in [0.15, 0.2) is 36.4 Å². The van der Waals surface area contributed by atoms with Crippen LogP contribution in [0, 0.1) is 6.07 Å². The fourth-order valence-corrected chi connectivity index (χ4v) is 3.05. The van der Waals surface area contributed by atoms with Crippen molar-refractivity contribution in [3.63, 3.8) is 0 Å². The average molecular weight is 357 g/mol. The standard InChI is InChI=1S/C24H38NO/c1-2-3-4-5-6-7-8-9-10-11-12-13-14-15-19-22-24(26)25-23-20-17-16-18-21-23/h9-10,17-18,20-21H,2-8,11-15,19,22H2,1H3,(H,25,26)/b10-9-. The molecule has 2 heteroatoms. The molecule has 1 aromatic carbocycles. The molecule has 1 radical (unpaired) electrons. The summed E-state index contributed by atoms with van der Waals surface area (Å²) in [5, 5.41) is 2.92. The Morgan fingerprint density at radius 1 is 0.846 bits per heavy atom. The van der Waals surface area contributed by atoms with Gasteiger partial charge in [-0.2, -0.15) is 0 Å². The highest BCUT2D eigenvalue weighted by molar-refractivity contribution is 5.90. The summed E-state index contributed by atoms with van der Waals surface area (Å²) in [4.78, 5) is 11.8. The maximum Gasteiger partial charge on any atom is 0.224 e. The SMILES string of the molecule is CCCCCCCC/C=C\CCCCCCCC(=O)Nc1cc[c]cc1. The number of unbranched alkanes of at least 4 members (excludes halogenated alkanes) is 11. The summed E-state index contributed by atoms with van der Waals surface area (Å²) in [5.41, 5.74) is 0.862. The number of amides is 1. The molecule has 0 bridgehead atoms. The Bertz CT molecular complexity index is 466. The van der Waals surface area contributed by atoms with Gasteiger partial charge in [0.15, 0.2) is 0 Å². The molecule has 0 atom stereocenters. The molecule has 0 aliphatic carbocycles. The van der Waals surface area contributed by atoms with Gasteiger partial charge in [0.2, 0.25) is 5.91 Å². The molecule has 0 saturated carbocycles. The van der Waals surface area contributed by atoms with Gasteiger partial charge in [-0.1, -0.05) is 82.6 Å². The lowest BCUT2D eigenvalue weighted by atomic mass is 10.1. The van der Waals surface area contributed by atoms with Crippen molar-refractivity contribution in [2.45, 2.75) is 96.8 Å². The largest absolute Gasteiger partial charge is 0.326 e. The molecular formula is C24H38NO. The molecular weight excluding hydrogens is 318 g/mol. The van der Waals surface area contributed by atoms with E-state index in [0.717, 1.165) is 18.5 Å². The Hall–Kier alpha value is -1.57. The van der Waals surface area contributed by atoms with Crippen LogP contribution in [-0.4, -0.2) is 5.91 Å². The van der Waals surface area contributed by atoms with Crippen LogP contribution in [0.25, 0.3) is 0 Å². The van der Waals surface area contributed by atoms with Crippen LogP contribution in [0.4, 0.5) is 5.69 Å². The minimum atomic E-state index is 0.119. The van der Waals surface area contributed by atoms with Crippen LogP contribution in [0.5, 0.6) is 0 Å². The monoisotopic (exact) mass is 356 g/mol. The third-order valence-corrected chi connectivity index (χ3v) is 4.67. The topological polar surface area (TPSA) is 29.1 Å². The second-order valence-corrected chi connectivity index (χ2v) is 7.17. The van der Waals surface area contributed by atoms with Gasteiger partial charge in [-0.15, -0.1) is 0 Å². The Labute approximate surface area is 161 Å². The molecule has 1 rings (SSSR count). The van der Waals surface area contributed by atoms with E-state index in [2.05, 4.69) is 30.5 Å². The molecule has 1 N–H and O–H groups in total. The summed E-state index contributed by atoms with van der Waals surface area (Å²) in [7, 11) is 0. The van der Waals surface area contributed by atoms with Crippen LogP contribution in [-0.2, 0) is 4.79 Å². The van der Waals surface area contributed by atoms with Crippen LogP contribution < -0.4 is 5.32 Å². The number of rotatable bonds is 16. The van der Waals surface area contributed by atoms with Crippen molar-refractivity contribution in [1.82, 2.24) is 0 Å². The zero-order valence-corrected chi connectivity index (χ0v) is 16.8. The molecule has 1 aromatic rings. The fourth-order valence-electron chi connectivity index (χ4n) is 3.05. The summed E-state index contributed by atoms with van der Waals surface area (Å²) < 4.78 is 0. The highest BCUT2D eigenvalue weighted by Gasteiger charge is 2.01. The molecule has 0 aliphatic heterocycles. The van der Waals surface area contributed by atoms with E-state index in [4.69, 9.17) is 0 Å². The summed E-state index contributed by atoms with van der Waals surface area (Å²) in [5.74, 6) is 0.119. The van der Waals surface area contributed by atoms with Crippen molar-refractivity contribution in [2.75, 3.05) is 5.32 Å². The lowest BCUT2D eigenvalue weighted by Crippen LogP contribution is -2.10. The van der Waals surface area contributed by atoms with Crippen molar-refractivity contribution >= 4 is 11.6 Å². The van der Waals surface area contributed by atoms with Gasteiger partial charge in [0.1, 0.15) is 0 Å². The van der Waals surface area contributed by atoms with Gasteiger partial charge in [0.25, 0.3) is 0 Å². The van der Waals surface area contributed by atoms with Crippen molar-refractivity contribution in [3.05, 3.63) is 42.5 Å². The Morgan fingerprint density at radius 2 is 1.38 bits per heavy atom. The van der Waals surface area contributed by atoms with Gasteiger partial charge in [0, 0.05) is 12.1 Å². The first kappa shape index (κ1) is 22.5. The predicted molar refractivity (Wildman–Crippen MR) is 113 cm³/mol. The van der Waals surface area contributed by atoms with Gasteiger partial charge < -0.3 is 5.32 Å². The van der Waals surface area contributed by atoms with Crippen LogP contribution in [0.1, 0.15) is 96.8 Å². The normalized spacial score (nSPS) is 11.1. The van der Waals surface area contributed by atoms with Crippen LogP contribution in [0.2, 0.25) is 0 Å². The lowest BCUT2D eigenvalue weighted by Gasteiger charge is -2.04. The predicted octanol–water partition coefficient (Wildman–Crippen LogP) is 7.46. The Balaban J connectivity index is 1.83. The molecule has 0 aromatic heterocycles. The first-order chi connectivity index (χ1) is 12.8. The number of carbonyl (C=O) groups excluding carboxylic acids is 1. The second kappa shape index (κ2) is 16.9. The van der Waals surface area contributed by atoms with E-state index >= 15 is 0 Å². The molecule has 0 aliphatic rings. The van der Waals surface area contributed by atoms with Crippen LogP contribution >= 0.6 is 0 Å². The Kier molecular flexibility index (Phi) is 14.6. The maximum absolute atomic E-state index is 11.8. The number of hydrogen-bond donors (Lipinski definition) is 1. The molecule has 0 saturated heterocycles. The number of hydrogen-bond acceptors (Lipinski definition) is 1. The van der Waals surface area contributed by atoms with Crippen molar-refractivity contribution in [2.24, 2.45) is 0 Å². The number of benzene rings is 1. The first-order valence-electron chi connectivity index (χ1n) is 10.7. The van der Waals surface area contributed by atoms with Gasteiger partial charge >= 0.3 is 0 Å². The first-order valence-corrected chi connectivity index (χ1v) is 10.7.